The van der Waals surface area contributed by atoms with Crippen molar-refractivity contribution >= 4 is 24.1 Å². The number of unbranched alkanes of at least 4 members (excludes halogenated alkanes) is 6. The largest absolute Gasteiger partial charge is 0.494 e. The number of hydrogen-bond acceptors (Lipinski definition) is 10. The Hall–Kier alpha value is -4.90. The molecule has 10 nitrogen and oxygen atoms in total. The molecule has 2 heterocycles. The van der Waals surface area contributed by atoms with Crippen molar-refractivity contribution in [3.05, 3.63) is 95.1 Å². The molecule has 2 aliphatic heterocycles. The Morgan fingerprint density at radius 1 is 0.530 bits per heavy atom. The molecule has 0 aromatic heterocycles. The van der Waals surface area contributed by atoms with Crippen LogP contribution in [0.2, 0.25) is 0 Å². The smallest absolute Gasteiger partial charge is 0.420 e. The van der Waals surface area contributed by atoms with Gasteiger partial charge in [0.1, 0.15) is 34.1 Å². The van der Waals surface area contributed by atoms with Gasteiger partial charge in [0, 0.05) is 36.2 Å². The highest BCUT2D eigenvalue weighted by Crippen LogP contribution is 2.49. The van der Waals surface area contributed by atoms with E-state index in [-0.39, 0.29) is 10.8 Å². The average Bonchev–Trinajstić information content (AvgIpc) is 3.25. The molecule has 0 amide bonds. The first-order valence-electron chi connectivity index (χ1n) is 22.5. The number of alkyl halides is 6. The third kappa shape index (κ3) is 16.5. The first kappa shape index (κ1) is 52.1. The fourth-order valence-electron chi connectivity index (χ4n) is 7.10. The Bertz CT molecular complexity index is 1870. The Morgan fingerprint density at radius 3 is 1.18 bits per heavy atom. The minimum Gasteiger partial charge on any atom is -0.494 e. The van der Waals surface area contributed by atoms with E-state index >= 15 is 0 Å². The number of rotatable bonds is 28. The average molecular weight is 935 g/mol. The highest BCUT2D eigenvalue weighted by Gasteiger charge is 2.49. The Labute approximate surface area is 382 Å². The van der Waals surface area contributed by atoms with Crippen LogP contribution in [-0.4, -0.2) is 78.0 Å². The van der Waals surface area contributed by atoms with Crippen LogP contribution in [0, 0.1) is 10.8 Å². The van der Waals surface area contributed by atoms with Gasteiger partial charge in [0.15, 0.2) is 0 Å². The second kappa shape index (κ2) is 25.3. The lowest BCUT2D eigenvalue weighted by Gasteiger charge is -2.40. The van der Waals surface area contributed by atoms with Gasteiger partial charge >= 0.3 is 24.3 Å². The summed E-state index contributed by atoms with van der Waals surface area (Å²) in [6.07, 6.45) is 2.24. The van der Waals surface area contributed by atoms with Crippen molar-refractivity contribution in [3.8, 4) is 23.0 Å². The van der Waals surface area contributed by atoms with Crippen LogP contribution in [0.3, 0.4) is 0 Å². The van der Waals surface area contributed by atoms with E-state index in [0.29, 0.717) is 61.2 Å². The normalized spacial score (nSPS) is 15.6. The van der Waals surface area contributed by atoms with Crippen LogP contribution in [0.1, 0.15) is 100 Å². The summed E-state index contributed by atoms with van der Waals surface area (Å²) in [5.74, 6) is -4.46. The summed E-state index contributed by atoms with van der Waals surface area (Å²) in [7, 11) is 0. The maximum atomic E-state index is 14.3. The van der Waals surface area contributed by atoms with Crippen molar-refractivity contribution in [2.75, 3.05) is 66.1 Å². The van der Waals surface area contributed by atoms with Crippen LogP contribution >= 0.6 is 0 Å². The molecule has 3 aromatic carbocycles. The number of esters is 2. The van der Waals surface area contributed by atoms with Gasteiger partial charge in [-0.25, -0.2) is 9.59 Å². The maximum absolute atomic E-state index is 14.3. The predicted octanol–water partition coefficient (Wildman–Crippen LogP) is 11.7. The van der Waals surface area contributed by atoms with Gasteiger partial charge in [-0.05, 0) is 111 Å². The standard InChI is InChI=1S/C50H60F6O10/c1-3-47(33-61-34-47)31-59-27-9-5-7-11-29-63-39-19-13-37(14-20-39)17-25-43(57)65-41-23-24-42(46(50(54,55)56)45(41)49(51,52)53)66-44(58)26-18-38-15-21-40(22-16-38)64-30-12-8-6-10-28-60-32-48(4-2)35-62-36-48/h13-26H,3-12,27-36H2,1-2H3. The van der Waals surface area contributed by atoms with E-state index in [4.69, 9.17) is 37.9 Å². The third-order valence-corrected chi connectivity index (χ3v) is 11.6. The summed E-state index contributed by atoms with van der Waals surface area (Å²) in [5, 5.41) is 0. The zero-order valence-corrected chi connectivity index (χ0v) is 37.6. The molecule has 0 aliphatic carbocycles. The third-order valence-electron chi connectivity index (χ3n) is 11.6. The topological polar surface area (TPSA) is 108 Å². The van der Waals surface area contributed by atoms with Crippen LogP contribution < -0.4 is 18.9 Å². The van der Waals surface area contributed by atoms with Crippen molar-refractivity contribution in [1.82, 2.24) is 0 Å². The van der Waals surface area contributed by atoms with Gasteiger partial charge in [-0.15, -0.1) is 0 Å². The zero-order chi connectivity index (χ0) is 47.5. The lowest BCUT2D eigenvalue weighted by Crippen LogP contribution is -2.45. The lowest BCUT2D eigenvalue weighted by atomic mass is 9.84. The summed E-state index contributed by atoms with van der Waals surface area (Å²) in [4.78, 5) is 25.2. The Kier molecular flexibility index (Phi) is 20.0. The van der Waals surface area contributed by atoms with E-state index in [1.165, 1.54) is 12.2 Å². The van der Waals surface area contributed by atoms with E-state index in [9.17, 15) is 35.9 Å². The molecular formula is C50H60F6O10. The first-order valence-corrected chi connectivity index (χ1v) is 22.5. The monoisotopic (exact) mass is 934 g/mol. The minimum absolute atomic E-state index is 0.176. The van der Waals surface area contributed by atoms with Gasteiger partial charge in [-0.3, -0.25) is 0 Å². The minimum atomic E-state index is -5.67. The summed E-state index contributed by atoms with van der Waals surface area (Å²) in [6.45, 7) is 11.1. The van der Waals surface area contributed by atoms with Crippen LogP contribution in [0.15, 0.2) is 72.8 Å². The molecule has 0 saturated carbocycles. The number of benzene rings is 3. The molecule has 16 heteroatoms. The van der Waals surface area contributed by atoms with Crippen LogP contribution in [0.25, 0.3) is 12.2 Å². The van der Waals surface area contributed by atoms with Crippen LogP contribution in [-0.2, 0) is 40.9 Å². The molecule has 66 heavy (non-hydrogen) atoms. The molecule has 0 unspecified atom stereocenters. The number of carbonyl (C=O) groups is 2. The molecule has 0 N–H and O–H groups in total. The molecule has 0 bridgehead atoms. The van der Waals surface area contributed by atoms with E-state index < -0.39 is 46.9 Å². The summed E-state index contributed by atoms with van der Waals surface area (Å²) in [6, 6.07) is 13.9. The molecule has 0 atom stereocenters. The van der Waals surface area contributed by atoms with Gasteiger partial charge < -0.3 is 37.9 Å². The van der Waals surface area contributed by atoms with Crippen molar-refractivity contribution in [2.24, 2.45) is 10.8 Å². The Morgan fingerprint density at radius 2 is 0.879 bits per heavy atom. The number of hydrogen-bond donors (Lipinski definition) is 0. The molecule has 362 valence electrons. The fraction of sp³-hybridized carbons (Fsp3) is 0.520. The predicted molar refractivity (Wildman–Crippen MR) is 235 cm³/mol. The molecule has 0 spiro atoms. The van der Waals surface area contributed by atoms with Crippen molar-refractivity contribution in [1.29, 1.82) is 0 Å². The first-order chi connectivity index (χ1) is 31.6. The van der Waals surface area contributed by atoms with Gasteiger partial charge in [0.2, 0.25) is 0 Å². The van der Waals surface area contributed by atoms with Crippen molar-refractivity contribution < 1.29 is 73.8 Å². The number of ether oxygens (including phenoxy) is 8. The van der Waals surface area contributed by atoms with Crippen molar-refractivity contribution in [2.45, 2.75) is 90.4 Å². The second-order valence-electron chi connectivity index (χ2n) is 16.8. The van der Waals surface area contributed by atoms with Gasteiger partial charge in [0.25, 0.3) is 0 Å². The highest BCUT2D eigenvalue weighted by atomic mass is 19.4. The summed E-state index contributed by atoms with van der Waals surface area (Å²) in [5.41, 5.74) is -3.40. The molecule has 2 aliphatic rings. The summed E-state index contributed by atoms with van der Waals surface area (Å²) < 4.78 is 129. The van der Waals surface area contributed by atoms with E-state index in [1.54, 1.807) is 48.5 Å². The van der Waals surface area contributed by atoms with Gasteiger partial charge in [0.05, 0.1) is 52.9 Å². The van der Waals surface area contributed by atoms with E-state index in [2.05, 4.69) is 13.8 Å². The van der Waals surface area contributed by atoms with Gasteiger partial charge in [-0.1, -0.05) is 51.0 Å². The van der Waals surface area contributed by atoms with E-state index in [0.717, 1.165) is 116 Å². The van der Waals surface area contributed by atoms with Crippen LogP contribution in [0.4, 0.5) is 26.3 Å². The molecule has 2 saturated heterocycles. The molecule has 3 aromatic rings. The lowest BCUT2D eigenvalue weighted by molar-refractivity contribution is -0.164. The quantitative estimate of drug-likeness (QED) is 0.0230. The molecule has 5 rings (SSSR count). The Balaban J connectivity index is 1.05. The molecular weight excluding hydrogens is 875 g/mol. The number of halogens is 6. The SMILES string of the molecule is CCC1(COCCCCCCOc2ccc(C=CC(=O)Oc3ccc(OC(=O)C=Cc4ccc(OCCCCCCOCC5(CC)COC5)cc4)c(C(F)(F)F)c3C(F)(F)F)cc2)COC1. The van der Waals surface area contributed by atoms with Crippen LogP contribution in [0.5, 0.6) is 23.0 Å². The van der Waals surface area contributed by atoms with Gasteiger partial charge in [-0.2, -0.15) is 26.3 Å². The molecule has 2 fully saturated rings. The fourth-order valence-corrected chi connectivity index (χ4v) is 7.10. The number of carbonyl (C=O) groups excluding carboxylic acids is 2. The zero-order valence-electron chi connectivity index (χ0n) is 37.6. The summed E-state index contributed by atoms with van der Waals surface area (Å²) >= 11 is 0. The highest BCUT2D eigenvalue weighted by molar-refractivity contribution is 5.90. The van der Waals surface area contributed by atoms with Crippen molar-refractivity contribution in [3.63, 3.8) is 0 Å². The maximum Gasteiger partial charge on any atom is 0.420 e. The molecule has 0 radical (unpaired) electrons. The second-order valence-corrected chi connectivity index (χ2v) is 16.8. The van der Waals surface area contributed by atoms with E-state index in [1.807, 2.05) is 0 Å².